The molecule has 2 heterocycles. The van der Waals surface area contributed by atoms with Crippen molar-refractivity contribution in [1.82, 2.24) is 15.3 Å². The van der Waals surface area contributed by atoms with Crippen molar-refractivity contribution in [2.45, 2.75) is 25.5 Å². The van der Waals surface area contributed by atoms with Crippen LogP contribution in [0.3, 0.4) is 0 Å². The molecule has 1 aliphatic rings. The van der Waals surface area contributed by atoms with Crippen LogP contribution in [0.5, 0.6) is 0 Å². The van der Waals surface area contributed by atoms with Crippen LogP contribution >= 0.6 is 0 Å². The minimum atomic E-state index is -1.21. The number of cyclic esters (lactones) is 1. The SMILES string of the molecule is CC1(C(=O)NCc2cncnc2)Cc2ccccc2C(=O)O1. The zero-order valence-corrected chi connectivity index (χ0v) is 12.1. The molecule has 0 saturated carbocycles. The number of esters is 1. The predicted octanol–water partition coefficient (Wildman–Crippen LogP) is 1.26. The van der Waals surface area contributed by atoms with Crippen molar-refractivity contribution in [3.05, 3.63) is 59.7 Å². The second kappa shape index (κ2) is 5.55. The normalized spacial score (nSPS) is 20.0. The zero-order chi connectivity index (χ0) is 15.6. The van der Waals surface area contributed by atoms with Crippen LogP contribution in [0.25, 0.3) is 0 Å². The number of fused-ring (bicyclic) bond motifs is 1. The number of hydrogen-bond donors (Lipinski definition) is 1. The first kappa shape index (κ1) is 14.2. The second-order valence-electron chi connectivity index (χ2n) is 5.38. The Hall–Kier alpha value is -2.76. The molecule has 22 heavy (non-hydrogen) atoms. The first-order valence-electron chi connectivity index (χ1n) is 6.92. The maximum Gasteiger partial charge on any atom is 0.339 e. The summed E-state index contributed by atoms with van der Waals surface area (Å²) < 4.78 is 5.37. The van der Waals surface area contributed by atoms with E-state index >= 15 is 0 Å². The van der Waals surface area contributed by atoms with Gasteiger partial charge in [-0.1, -0.05) is 18.2 Å². The number of nitrogens with zero attached hydrogens (tertiary/aromatic N) is 2. The first-order valence-corrected chi connectivity index (χ1v) is 6.92. The van der Waals surface area contributed by atoms with Gasteiger partial charge in [-0.25, -0.2) is 14.8 Å². The maximum absolute atomic E-state index is 12.4. The van der Waals surface area contributed by atoms with Crippen LogP contribution in [-0.2, 0) is 22.5 Å². The van der Waals surface area contributed by atoms with Gasteiger partial charge in [0.15, 0.2) is 5.60 Å². The summed E-state index contributed by atoms with van der Waals surface area (Å²) in [4.78, 5) is 32.2. The number of nitrogens with one attached hydrogen (secondary N) is 1. The third kappa shape index (κ3) is 2.67. The molecule has 1 unspecified atom stereocenters. The molecule has 0 fully saturated rings. The molecule has 6 nitrogen and oxygen atoms in total. The average Bonchev–Trinajstić information content (AvgIpc) is 2.53. The molecular formula is C16H15N3O3. The van der Waals surface area contributed by atoms with Gasteiger partial charge in [0.05, 0.1) is 5.56 Å². The molecule has 1 aromatic carbocycles. The summed E-state index contributed by atoms with van der Waals surface area (Å²) in [6.07, 6.45) is 5.02. The number of amides is 1. The standard InChI is InChI=1S/C16H15N3O3/c1-16(15(21)19-9-11-7-17-10-18-8-11)6-12-4-2-3-5-13(12)14(20)22-16/h2-5,7-8,10H,6,9H2,1H3,(H,19,21). The van der Waals surface area contributed by atoms with Gasteiger partial charge in [-0.3, -0.25) is 4.79 Å². The quantitative estimate of drug-likeness (QED) is 0.863. The van der Waals surface area contributed by atoms with E-state index in [0.29, 0.717) is 12.0 Å². The number of carbonyl (C=O) groups is 2. The molecular weight excluding hydrogens is 282 g/mol. The van der Waals surface area contributed by atoms with Gasteiger partial charge in [0.25, 0.3) is 5.91 Å². The molecule has 1 atom stereocenters. The lowest BCUT2D eigenvalue weighted by molar-refractivity contribution is -0.139. The van der Waals surface area contributed by atoms with Gasteiger partial charge in [0.1, 0.15) is 6.33 Å². The van der Waals surface area contributed by atoms with Gasteiger partial charge in [0.2, 0.25) is 0 Å². The summed E-state index contributed by atoms with van der Waals surface area (Å²) in [6.45, 7) is 1.91. The van der Waals surface area contributed by atoms with Crippen molar-refractivity contribution < 1.29 is 14.3 Å². The van der Waals surface area contributed by atoms with Gasteiger partial charge in [-0.2, -0.15) is 0 Å². The Bertz CT molecular complexity index is 718. The molecule has 0 aliphatic carbocycles. The summed E-state index contributed by atoms with van der Waals surface area (Å²) in [5.41, 5.74) is 0.909. The van der Waals surface area contributed by atoms with E-state index in [9.17, 15) is 9.59 Å². The molecule has 1 amide bonds. The highest BCUT2D eigenvalue weighted by Crippen LogP contribution is 2.28. The Morgan fingerprint density at radius 2 is 2.05 bits per heavy atom. The molecule has 1 aliphatic heterocycles. The van der Waals surface area contributed by atoms with E-state index in [2.05, 4.69) is 15.3 Å². The Balaban J connectivity index is 1.74. The molecule has 2 aromatic rings. The van der Waals surface area contributed by atoms with E-state index in [1.807, 2.05) is 12.1 Å². The molecule has 0 spiro atoms. The largest absolute Gasteiger partial charge is 0.445 e. The van der Waals surface area contributed by atoms with E-state index in [4.69, 9.17) is 4.74 Å². The summed E-state index contributed by atoms with van der Waals surface area (Å²) in [6, 6.07) is 7.16. The highest BCUT2D eigenvalue weighted by atomic mass is 16.6. The number of benzene rings is 1. The van der Waals surface area contributed by atoms with Crippen LogP contribution in [0, 0.1) is 0 Å². The van der Waals surface area contributed by atoms with E-state index in [1.54, 1.807) is 31.5 Å². The number of hydrogen-bond acceptors (Lipinski definition) is 5. The van der Waals surface area contributed by atoms with Crippen molar-refractivity contribution in [2.24, 2.45) is 0 Å². The molecule has 1 aromatic heterocycles. The average molecular weight is 297 g/mol. The Kier molecular flexibility index (Phi) is 3.58. The van der Waals surface area contributed by atoms with Crippen LogP contribution in [0.2, 0.25) is 0 Å². The molecule has 112 valence electrons. The summed E-state index contributed by atoms with van der Waals surface area (Å²) in [7, 11) is 0. The highest BCUT2D eigenvalue weighted by Gasteiger charge is 2.42. The topological polar surface area (TPSA) is 81.2 Å². The van der Waals surface area contributed by atoms with Crippen molar-refractivity contribution in [1.29, 1.82) is 0 Å². The van der Waals surface area contributed by atoms with Gasteiger partial charge in [-0.15, -0.1) is 0 Å². The summed E-state index contributed by atoms with van der Waals surface area (Å²) >= 11 is 0. The third-order valence-corrected chi connectivity index (χ3v) is 3.63. The number of rotatable bonds is 3. The molecule has 3 rings (SSSR count). The molecule has 0 bridgehead atoms. The highest BCUT2D eigenvalue weighted by molar-refractivity contribution is 5.97. The van der Waals surface area contributed by atoms with Gasteiger partial charge in [0, 0.05) is 30.9 Å². The second-order valence-corrected chi connectivity index (χ2v) is 5.38. The number of aromatic nitrogens is 2. The first-order chi connectivity index (χ1) is 10.6. The van der Waals surface area contributed by atoms with Crippen molar-refractivity contribution in [3.63, 3.8) is 0 Å². The fourth-order valence-corrected chi connectivity index (χ4v) is 2.45. The lowest BCUT2D eigenvalue weighted by atomic mass is 9.89. The van der Waals surface area contributed by atoms with Crippen LogP contribution in [0.1, 0.15) is 28.4 Å². The number of carbonyl (C=O) groups excluding carboxylic acids is 2. The lowest BCUT2D eigenvalue weighted by Gasteiger charge is -2.33. The van der Waals surface area contributed by atoms with Crippen molar-refractivity contribution >= 4 is 11.9 Å². The van der Waals surface area contributed by atoms with Crippen LogP contribution in [0.15, 0.2) is 43.0 Å². The summed E-state index contributed by atoms with van der Waals surface area (Å²) in [5.74, 6) is -0.804. The Labute approximate surface area is 127 Å². The maximum atomic E-state index is 12.4. The zero-order valence-electron chi connectivity index (χ0n) is 12.1. The van der Waals surface area contributed by atoms with E-state index < -0.39 is 11.6 Å². The fourth-order valence-electron chi connectivity index (χ4n) is 2.45. The Morgan fingerprint density at radius 3 is 2.82 bits per heavy atom. The summed E-state index contributed by atoms with van der Waals surface area (Å²) in [5, 5.41) is 2.76. The molecule has 6 heteroatoms. The smallest absolute Gasteiger partial charge is 0.339 e. The lowest BCUT2D eigenvalue weighted by Crippen LogP contribution is -2.51. The predicted molar refractivity (Wildman–Crippen MR) is 77.8 cm³/mol. The van der Waals surface area contributed by atoms with Crippen LogP contribution in [0.4, 0.5) is 0 Å². The molecule has 0 saturated heterocycles. The fraction of sp³-hybridized carbons (Fsp3) is 0.250. The minimum Gasteiger partial charge on any atom is -0.445 e. The van der Waals surface area contributed by atoms with E-state index in [1.165, 1.54) is 6.33 Å². The monoisotopic (exact) mass is 297 g/mol. The van der Waals surface area contributed by atoms with Crippen molar-refractivity contribution in [3.8, 4) is 0 Å². The van der Waals surface area contributed by atoms with Gasteiger partial charge < -0.3 is 10.1 Å². The molecule has 1 N–H and O–H groups in total. The van der Waals surface area contributed by atoms with E-state index in [0.717, 1.165) is 11.1 Å². The molecule has 0 radical (unpaired) electrons. The third-order valence-electron chi connectivity index (χ3n) is 3.63. The van der Waals surface area contributed by atoms with Crippen molar-refractivity contribution in [2.75, 3.05) is 0 Å². The van der Waals surface area contributed by atoms with Crippen LogP contribution < -0.4 is 5.32 Å². The number of ether oxygens (including phenoxy) is 1. The Morgan fingerprint density at radius 1 is 1.32 bits per heavy atom. The van der Waals surface area contributed by atoms with E-state index in [-0.39, 0.29) is 12.5 Å². The van der Waals surface area contributed by atoms with Crippen LogP contribution in [-0.4, -0.2) is 27.4 Å². The van der Waals surface area contributed by atoms with Gasteiger partial charge >= 0.3 is 5.97 Å². The minimum absolute atomic E-state index is 0.286. The van der Waals surface area contributed by atoms with Gasteiger partial charge in [-0.05, 0) is 18.6 Å².